The van der Waals surface area contributed by atoms with Gasteiger partial charge in [-0.15, -0.1) is 16.4 Å². The number of hydrogen-bond acceptors (Lipinski definition) is 5. The number of amides is 1. The van der Waals surface area contributed by atoms with Gasteiger partial charge in [-0.25, -0.2) is 0 Å². The van der Waals surface area contributed by atoms with Gasteiger partial charge >= 0.3 is 0 Å². The summed E-state index contributed by atoms with van der Waals surface area (Å²) in [5.41, 5.74) is 0. The van der Waals surface area contributed by atoms with Gasteiger partial charge in [0.2, 0.25) is 0 Å². The van der Waals surface area contributed by atoms with Crippen LogP contribution in [0, 0.1) is 0 Å². The van der Waals surface area contributed by atoms with Gasteiger partial charge in [0.15, 0.2) is 0 Å². The quantitative estimate of drug-likeness (QED) is 0.755. The predicted molar refractivity (Wildman–Crippen MR) is 56.2 cm³/mol. The highest BCUT2D eigenvalue weighted by Gasteiger charge is 2.00. The number of aromatic nitrogens is 4. The minimum absolute atomic E-state index is 0.163. The molecule has 0 aliphatic rings. The standard InChI is InChI=1S/C8H7N5OS/c14-7(9-8-10-12-13-11-8)4-3-6-2-1-5-15-6/h1-5H,(H2,9,10,11,12,13,14)/b4-3-. The maximum Gasteiger partial charge on any atom is 0.270 e. The SMILES string of the molecule is O=C(/C=C\c1cccs1)Nc1nn[nH]n1. The summed E-state index contributed by atoms with van der Waals surface area (Å²) in [5.74, 6) is -0.124. The molecular formula is C8H7N5OS. The molecule has 0 spiro atoms. The van der Waals surface area contributed by atoms with Crippen LogP contribution in [0.25, 0.3) is 6.08 Å². The van der Waals surface area contributed by atoms with Crippen molar-refractivity contribution in [2.75, 3.05) is 5.32 Å². The van der Waals surface area contributed by atoms with Gasteiger partial charge in [-0.05, 0) is 22.7 Å². The fourth-order valence-corrected chi connectivity index (χ4v) is 1.53. The highest BCUT2D eigenvalue weighted by Crippen LogP contribution is 2.09. The van der Waals surface area contributed by atoms with Crippen molar-refractivity contribution in [1.82, 2.24) is 20.6 Å². The Balaban J connectivity index is 1.93. The lowest BCUT2D eigenvalue weighted by molar-refractivity contribution is -0.111. The first-order valence-electron chi connectivity index (χ1n) is 4.10. The van der Waals surface area contributed by atoms with Crippen molar-refractivity contribution in [1.29, 1.82) is 0 Å². The van der Waals surface area contributed by atoms with Gasteiger partial charge in [-0.2, -0.15) is 5.21 Å². The monoisotopic (exact) mass is 221 g/mol. The molecule has 2 heterocycles. The summed E-state index contributed by atoms with van der Waals surface area (Å²) in [5, 5.41) is 17.1. The van der Waals surface area contributed by atoms with Gasteiger partial charge in [0.05, 0.1) is 0 Å². The lowest BCUT2D eigenvalue weighted by Crippen LogP contribution is -2.08. The summed E-state index contributed by atoms with van der Waals surface area (Å²) in [4.78, 5) is 12.3. The normalized spacial score (nSPS) is 10.7. The number of carbonyl (C=O) groups excluding carboxylic acids is 1. The second-order valence-corrected chi connectivity index (χ2v) is 3.55. The molecule has 2 N–H and O–H groups in total. The number of thiophene rings is 1. The molecule has 0 aliphatic heterocycles. The molecule has 2 aromatic heterocycles. The number of hydrogen-bond donors (Lipinski definition) is 2. The first-order valence-corrected chi connectivity index (χ1v) is 4.98. The van der Waals surface area contributed by atoms with Crippen molar-refractivity contribution in [3.05, 3.63) is 28.5 Å². The fourth-order valence-electron chi connectivity index (χ4n) is 0.911. The lowest BCUT2D eigenvalue weighted by Gasteiger charge is -1.91. The Morgan fingerprint density at radius 3 is 3.20 bits per heavy atom. The molecule has 0 saturated carbocycles. The molecule has 0 bridgehead atoms. The number of rotatable bonds is 3. The predicted octanol–water partition coefficient (Wildman–Crippen LogP) is 0.913. The Morgan fingerprint density at radius 2 is 2.53 bits per heavy atom. The van der Waals surface area contributed by atoms with Crippen LogP contribution in [-0.2, 0) is 4.79 Å². The molecule has 76 valence electrons. The molecule has 0 aliphatic carbocycles. The summed E-state index contributed by atoms with van der Waals surface area (Å²) >= 11 is 1.56. The Labute approximate surface area is 89.0 Å². The van der Waals surface area contributed by atoms with Crippen LogP contribution < -0.4 is 5.32 Å². The minimum Gasteiger partial charge on any atom is -0.288 e. The molecule has 1 amide bonds. The van der Waals surface area contributed by atoms with E-state index in [1.165, 1.54) is 6.08 Å². The van der Waals surface area contributed by atoms with Crippen molar-refractivity contribution >= 4 is 29.3 Å². The van der Waals surface area contributed by atoms with Crippen LogP contribution in [0.3, 0.4) is 0 Å². The average Bonchev–Trinajstić information content (AvgIpc) is 2.86. The summed E-state index contributed by atoms with van der Waals surface area (Å²) in [6.07, 6.45) is 3.14. The summed E-state index contributed by atoms with van der Waals surface area (Å²) in [6.45, 7) is 0. The fraction of sp³-hybridized carbons (Fsp3) is 0. The van der Waals surface area contributed by atoms with Gasteiger partial charge in [0, 0.05) is 11.0 Å². The third-order valence-corrected chi connectivity index (χ3v) is 2.36. The molecule has 2 aromatic rings. The minimum atomic E-state index is -0.287. The van der Waals surface area contributed by atoms with E-state index in [4.69, 9.17) is 0 Å². The van der Waals surface area contributed by atoms with E-state index in [0.717, 1.165) is 4.88 Å². The third-order valence-electron chi connectivity index (χ3n) is 1.52. The highest BCUT2D eigenvalue weighted by molar-refractivity contribution is 7.10. The van der Waals surface area contributed by atoms with Gasteiger partial charge in [-0.3, -0.25) is 10.1 Å². The topological polar surface area (TPSA) is 83.6 Å². The smallest absolute Gasteiger partial charge is 0.270 e. The van der Waals surface area contributed by atoms with Crippen molar-refractivity contribution in [3.63, 3.8) is 0 Å². The van der Waals surface area contributed by atoms with E-state index in [1.807, 2.05) is 17.5 Å². The zero-order valence-electron chi connectivity index (χ0n) is 7.54. The molecule has 0 saturated heterocycles. The molecule has 0 atom stereocenters. The molecule has 0 fully saturated rings. The molecule has 0 aromatic carbocycles. The first kappa shape index (κ1) is 9.53. The van der Waals surface area contributed by atoms with E-state index in [9.17, 15) is 4.79 Å². The van der Waals surface area contributed by atoms with E-state index in [-0.39, 0.29) is 11.9 Å². The van der Waals surface area contributed by atoms with E-state index >= 15 is 0 Å². The van der Waals surface area contributed by atoms with E-state index in [0.29, 0.717) is 0 Å². The Morgan fingerprint density at radius 1 is 1.60 bits per heavy atom. The third kappa shape index (κ3) is 2.71. The molecule has 7 heteroatoms. The number of nitrogens with zero attached hydrogens (tertiary/aromatic N) is 3. The molecular weight excluding hydrogens is 214 g/mol. The van der Waals surface area contributed by atoms with Crippen LogP contribution in [0.5, 0.6) is 0 Å². The van der Waals surface area contributed by atoms with Gasteiger partial charge < -0.3 is 0 Å². The van der Waals surface area contributed by atoms with Crippen LogP contribution in [0.2, 0.25) is 0 Å². The molecule has 15 heavy (non-hydrogen) atoms. The first-order chi connectivity index (χ1) is 7.34. The zero-order chi connectivity index (χ0) is 10.5. The Kier molecular flexibility index (Phi) is 2.84. The number of nitrogens with one attached hydrogen (secondary N) is 2. The number of aromatic amines is 1. The average molecular weight is 221 g/mol. The van der Waals surface area contributed by atoms with Crippen LogP contribution in [0.4, 0.5) is 5.95 Å². The zero-order valence-corrected chi connectivity index (χ0v) is 8.36. The largest absolute Gasteiger partial charge is 0.288 e. The number of carbonyl (C=O) groups is 1. The van der Waals surface area contributed by atoms with E-state index in [2.05, 4.69) is 25.9 Å². The summed E-state index contributed by atoms with van der Waals surface area (Å²) < 4.78 is 0. The second-order valence-electron chi connectivity index (χ2n) is 2.57. The van der Waals surface area contributed by atoms with Gasteiger partial charge in [-0.1, -0.05) is 11.2 Å². The Bertz CT molecular complexity index is 447. The van der Waals surface area contributed by atoms with Crippen LogP contribution >= 0.6 is 11.3 Å². The van der Waals surface area contributed by atoms with Crippen molar-refractivity contribution in [2.45, 2.75) is 0 Å². The lowest BCUT2D eigenvalue weighted by atomic mass is 10.4. The van der Waals surface area contributed by atoms with E-state index in [1.54, 1.807) is 17.4 Å². The maximum absolute atomic E-state index is 11.3. The second kappa shape index (κ2) is 4.47. The van der Waals surface area contributed by atoms with Gasteiger partial charge in [0.25, 0.3) is 11.9 Å². The van der Waals surface area contributed by atoms with Crippen LogP contribution in [0.15, 0.2) is 23.6 Å². The highest BCUT2D eigenvalue weighted by atomic mass is 32.1. The molecule has 2 rings (SSSR count). The molecule has 6 nitrogen and oxygen atoms in total. The number of anilines is 1. The van der Waals surface area contributed by atoms with Crippen molar-refractivity contribution in [2.24, 2.45) is 0 Å². The summed E-state index contributed by atoms with van der Waals surface area (Å²) in [6, 6.07) is 3.84. The maximum atomic E-state index is 11.3. The van der Waals surface area contributed by atoms with Crippen LogP contribution in [-0.4, -0.2) is 26.5 Å². The number of H-pyrrole nitrogens is 1. The Hall–Kier alpha value is -2.02. The van der Waals surface area contributed by atoms with E-state index < -0.39 is 0 Å². The van der Waals surface area contributed by atoms with Crippen molar-refractivity contribution in [3.8, 4) is 0 Å². The molecule has 0 unspecified atom stereocenters. The number of tetrazole rings is 1. The molecule has 0 radical (unpaired) electrons. The van der Waals surface area contributed by atoms with Crippen LogP contribution in [0.1, 0.15) is 4.88 Å². The van der Waals surface area contributed by atoms with Crippen molar-refractivity contribution < 1.29 is 4.79 Å². The van der Waals surface area contributed by atoms with Gasteiger partial charge in [0.1, 0.15) is 0 Å². The summed E-state index contributed by atoms with van der Waals surface area (Å²) in [7, 11) is 0.